The minimum absolute atomic E-state index is 0.190. The van der Waals surface area contributed by atoms with Crippen molar-refractivity contribution in [3.05, 3.63) is 47.5 Å². The number of carbonyl (C=O) groups excluding carboxylic acids is 3. The number of urea groups is 1. The highest BCUT2D eigenvalue weighted by molar-refractivity contribution is 7.22. The van der Waals surface area contributed by atoms with Crippen LogP contribution in [0, 0.1) is 0 Å². The van der Waals surface area contributed by atoms with Crippen LogP contribution >= 0.6 is 22.9 Å². The molecular weight excluding hydrogens is 390 g/mol. The van der Waals surface area contributed by atoms with Crippen LogP contribution in [0.2, 0.25) is 5.02 Å². The molecule has 1 fully saturated rings. The van der Waals surface area contributed by atoms with Crippen molar-refractivity contribution in [2.24, 2.45) is 0 Å². The van der Waals surface area contributed by atoms with E-state index in [1.54, 1.807) is 42.5 Å². The molecule has 1 aliphatic rings. The molecule has 2 heterocycles. The third-order valence-corrected chi connectivity index (χ3v) is 5.28. The second-order valence-corrected chi connectivity index (χ2v) is 7.14. The molecule has 0 radical (unpaired) electrons. The zero-order chi connectivity index (χ0) is 19.1. The van der Waals surface area contributed by atoms with Crippen LogP contribution in [0.15, 0.2) is 42.5 Å². The first-order valence-corrected chi connectivity index (χ1v) is 9.08. The predicted molar refractivity (Wildman–Crippen MR) is 103 cm³/mol. The monoisotopic (exact) mass is 401 g/mol. The van der Waals surface area contributed by atoms with Crippen LogP contribution in [-0.4, -0.2) is 29.9 Å². The molecule has 0 unspecified atom stereocenters. The minimum atomic E-state index is -0.786. The summed E-state index contributed by atoms with van der Waals surface area (Å²) in [5.74, 6) is -0.888. The highest BCUT2D eigenvalue weighted by Crippen LogP contribution is 2.36. The number of para-hydroxylation sites is 2. The summed E-state index contributed by atoms with van der Waals surface area (Å²) in [6, 6.07) is 10.9. The number of hydrogen-bond donors (Lipinski definition) is 0. The van der Waals surface area contributed by atoms with E-state index in [2.05, 4.69) is 4.98 Å². The van der Waals surface area contributed by atoms with Crippen LogP contribution in [0.4, 0.5) is 15.6 Å². The number of anilines is 2. The summed E-state index contributed by atoms with van der Waals surface area (Å²) in [6.45, 7) is 0. The molecule has 0 aliphatic carbocycles. The van der Waals surface area contributed by atoms with Crippen LogP contribution in [0.3, 0.4) is 0 Å². The highest BCUT2D eigenvalue weighted by atomic mass is 35.5. The molecule has 1 saturated heterocycles. The van der Waals surface area contributed by atoms with Crippen LogP contribution in [-0.2, 0) is 9.59 Å². The zero-order valence-corrected chi connectivity index (χ0v) is 15.6. The second kappa shape index (κ2) is 6.64. The minimum Gasteiger partial charge on any atom is -0.495 e. The summed E-state index contributed by atoms with van der Waals surface area (Å²) in [4.78, 5) is 44.2. The topological polar surface area (TPSA) is 79.8 Å². The van der Waals surface area contributed by atoms with Gasteiger partial charge >= 0.3 is 6.03 Å². The van der Waals surface area contributed by atoms with Crippen molar-refractivity contribution in [1.29, 1.82) is 0 Å². The van der Waals surface area contributed by atoms with Gasteiger partial charge in [-0.25, -0.2) is 19.6 Å². The fourth-order valence-electron chi connectivity index (χ4n) is 2.82. The summed E-state index contributed by atoms with van der Waals surface area (Å²) >= 11 is 7.14. The van der Waals surface area contributed by atoms with Gasteiger partial charge in [0.1, 0.15) is 12.2 Å². The van der Waals surface area contributed by atoms with Crippen LogP contribution in [0.5, 0.6) is 5.75 Å². The van der Waals surface area contributed by atoms with Crippen LogP contribution in [0.25, 0.3) is 10.2 Å². The summed E-state index contributed by atoms with van der Waals surface area (Å²) < 4.78 is 5.98. The first-order valence-electron chi connectivity index (χ1n) is 7.88. The Kier molecular flexibility index (Phi) is 4.29. The number of thiazole rings is 1. The molecule has 0 bridgehead atoms. The quantitative estimate of drug-likeness (QED) is 0.623. The lowest BCUT2D eigenvalue weighted by Crippen LogP contribution is -2.55. The number of nitrogens with zero attached hydrogens (tertiary/aromatic N) is 3. The number of barbiturate groups is 1. The van der Waals surface area contributed by atoms with E-state index in [-0.39, 0.29) is 10.8 Å². The molecule has 4 amide bonds. The SMILES string of the molecule is COc1ccccc1N1C(=O)CC(=O)N(c2nc3ccc(Cl)cc3s2)C1=O. The Morgan fingerprint density at radius 3 is 2.59 bits per heavy atom. The van der Waals surface area contributed by atoms with E-state index in [1.807, 2.05) is 0 Å². The molecule has 27 heavy (non-hydrogen) atoms. The first-order chi connectivity index (χ1) is 13.0. The van der Waals surface area contributed by atoms with Crippen molar-refractivity contribution in [3.63, 3.8) is 0 Å². The van der Waals surface area contributed by atoms with Gasteiger partial charge in [-0.2, -0.15) is 0 Å². The number of fused-ring (bicyclic) bond motifs is 1. The van der Waals surface area contributed by atoms with Gasteiger partial charge in [0.05, 0.1) is 23.0 Å². The molecule has 0 atom stereocenters. The molecule has 4 rings (SSSR count). The van der Waals surface area contributed by atoms with Crippen molar-refractivity contribution in [2.75, 3.05) is 16.9 Å². The number of ether oxygens (including phenoxy) is 1. The third-order valence-electron chi connectivity index (χ3n) is 4.04. The molecule has 9 heteroatoms. The fourth-order valence-corrected chi connectivity index (χ4v) is 4.08. The maximum absolute atomic E-state index is 13.1. The number of hydrogen-bond acceptors (Lipinski definition) is 6. The second-order valence-electron chi connectivity index (χ2n) is 5.70. The number of rotatable bonds is 3. The van der Waals surface area contributed by atoms with Gasteiger partial charge in [-0.1, -0.05) is 35.1 Å². The first kappa shape index (κ1) is 17.4. The lowest BCUT2D eigenvalue weighted by atomic mass is 10.2. The van der Waals surface area contributed by atoms with Crippen LogP contribution in [0.1, 0.15) is 6.42 Å². The van der Waals surface area contributed by atoms with Gasteiger partial charge < -0.3 is 4.74 Å². The molecule has 1 aromatic heterocycles. The summed E-state index contributed by atoms with van der Waals surface area (Å²) in [5.41, 5.74) is 0.886. The molecule has 0 N–H and O–H groups in total. The third kappa shape index (κ3) is 2.92. The average molecular weight is 402 g/mol. The Hall–Kier alpha value is -2.97. The number of aromatic nitrogens is 1. The lowest BCUT2D eigenvalue weighted by molar-refractivity contribution is -0.126. The molecule has 136 valence electrons. The van der Waals surface area contributed by atoms with Crippen molar-refractivity contribution < 1.29 is 19.1 Å². The fraction of sp³-hybridized carbons (Fsp3) is 0.111. The highest BCUT2D eigenvalue weighted by Gasteiger charge is 2.42. The van der Waals surface area contributed by atoms with E-state index in [0.717, 1.165) is 25.8 Å². The molecule has 2 aromatic carbocycles. The number of methoxy groups -OCH3 is 1. The molecular formula is C18H12ClN3O4S. The number of benzene rings is 2. The summed E-state index contributed by atoms with van der Waals surface area (Å²) in [5, 5.41) is 0.717. The Morgan fingerprint density at radius 1 is 1.07 bits per heavy atom. The maximum Gasteiger partial charge on any atom is 0.344 e. The smallest absolute Gasteiger partial charge is 0.344 e. The van der Waals surface area contributed by atoms with E-state index >= 15 is 0 Å². The number of amides is 4. The van der Waals surface area contributed by atoms with Crippen molar-refractivity contribution in [1.82, 2.24) is 4.98 Å². The Morgan fingerprint density at radius 2 is 1.81 bits per heavy atom. The molecule has 7 nitrogen and oxygen atoms in total. The predicted octanol–water partition coefficient (Wildman–Crippen LogP) is 3.85. The molecule has 0 spiro atoms. The molecule has 0 saturated carbocycles. The normalized spacial score (nSPS) is 15.0. The Labute approximate surface area is 162 Å². The van der Waals surface area contributed by atoms with Crippen molar-refractivity contribution >= 4 is 61.8 Å². The van der Waals surface area contributed by atoms with E-state index in [9.17, 15) is 14.4 Å². The van der Waals surface area contributed by atoms with Gasteiger partial charge in [0.25, 0.3) is 0 Å². The van der Waals surface area contributed by atoms with Gasteiger partial charge in [0, 0.05) is 5.02 Å². The van der Waals surface area contributed by atoms with E-state index in [4.69, 9.17) is 16.3 Å². The zero-order valence-electron chi connectivity index (χ0n) is 14.0. The largest absolute Gasteiger partial charge is 0.495 e. The number of carbonyl (C=O) groups is 3. The summed E-state index contributed by atoms with van der Waals surface area (Å²) in [7, 11) is 1.44. The summed E-state index contributed by atoms with van der Waals surface area (Å²) in [6.07, 6.45) is -0.444. The van der Waals surface area contributed by atoms with E-state index in [0.29, 0.717) is 16.3 Å². The standard InChI is InChI=1S/C18H12ClN3O4S/c1-26-13-5-3-2-4-12(13)21-15(23)9-16(24)22(18(21)25)17-20-11-7-6-10(19)8-14(11)27-17/h2-8H,9H2,1H3. The van der Waals surface area contributed by atoms with Crippen molar-refractivity contribution in [3.8, 4) is 5.75 Å². The van der Waals surface area contributed by atoms with E-state index in [1.165, 1.54) is 7.11 Å². The Bertz CT molecular complexity index is 1100. The number of halogens is 1. The van der Waals surface area contributed by atoms with Crippen LogP contribution < -0.4 is 14.5 Å². The van der Waals surface area contributed by atoms with Gasteiger partial charge in [-0.05, 0) is 30.3 Å². The number of imide groups is 2. The van der Waals surface area contributed by atoms with Gasteiger partial charge in [0.15, 0.2) is 0 Å². The van der Waals surface area contributed by atoms with Crippen molar-refractivity contribution in [2.45, 2.75) is 6.42 Å². The van der Waals surface area contributed by atoms with Gasteiger partial charge in [0.2, 0.25) is 16.9 Å². The lowest BCUT2D eigenvalue weighted by Gasteiger charge is -2.31. The van der Waals surface area contributed by atoms with E-state index < -0.39 is 24.3 Å². The van der Waals surface area contributed by atoms with Gasteiger partial charge in [-0.3, -0.25) is 9.59 Å². The average Bonchev–Trinajstić information content (AvgIpc) is 3.04. The molecule has 3 aromatic rings. The van der Waals surface area contributed by atoms with Gasteiger partial charge in [-0.15, -0.1) is 0 Å². The Balaban J connectivity index is 1.79. The maximum atomic E-state index is 13.1. The molecule has 1 aliphatic heterocycles.